The van der Waals surface area contributed by atoms with Crippen LogP contribution in [-0.4, -0.2) is 57.1 Å². The van der Waals surface area contributed by atoms with Crippen molar-refractivity contribution in [3.63, 3.8) is 0 Å². The Balaban J connectivity index is 2.31. The number of amides is 3. The van der Waals surface area contributed by atoms with Gasteiger partial charge in [-0.05, 0) is 25.8 Å². The SMILES string of the molecule is CCC1(C(=O)NCCNC(=O)N(C)C)CCCNC1. The van der Waals surface area contributed by atoms with E-state index in [2.05, 4.69) is 22.9 Å². The van der Waals surface area contributed by atoms with E-state index in [0.29, 0.717) is 13.1 Å². The van der Waals surface area contributed by atoms with Crippen LogP contribution < -0.4 is 16.0 Å². The molecule has 19 heavy (non-hydrogen) atoms. The van der Waals surface area contributed by atoms with Crippen molar-refractivity contribution in [2.45, 2.75) is 26.2 Å². The van der Waals surface area contributed by atoms with Gasteiger partial charge in [-0.15, -0.1) is 0 Å². The molecule has 0 radical (unpaired) electrons. The minimum absolute atomic E-state index is 0.0984. The lowest BCUT2D eigenvalue weighted by molar-refractivity contribution is -0.132. The molecular weight excluding hydrogens is 244 g/mol. The lowest BCUT2D eigenvalue weighted by atomic mass is 9.77. The lowest BCUT2D eigenvalue weighted by Crippen LogP contribution is -2.51. The molecule has 6 heteroatoms. The molecule has 1 rings (SSSR count). The molecule has 1 aliphatic rings. The van der Waals surface area contributed by atoms with E-state index in [1.807, 2.05) is 0 Å². The second kappa shape index (κ2) is 7.33. The fourth-order valence-corrected chi connectivity index (χ4v) is 2.32. The van der Waals surface area contributed by atoms with Gasteiger partial charge in [0.05, 0.1) is 5.41 Å². The molecule has 0 aromatic heterocycles. The summed E-state index contributed by atoms with van der Waals surface area (Å²) in [7, 11) is 3.38. The Labute approximate surface area is 115 Å². The third-order valence-electron chi connectivity index (χ3n) is 3.72. The molecule has 0 aromatic carbocycles. The highest BCUT2D eigenvalue weighted by Crippen LogP contribution is 2.29. The van der Waals surface area contributed by atoms with Crippen molar-refractivity contribution in [2.75, 3.05) is 40.3 Å². The summed E-state index contributed by atoms with van der Waals surface area (Å²) in [5.74, 6) is 0.0984. The molecule has 1 atom stereocenters. The molecule has 1 aliphatic heterocycles. The van der Waals surface area contributed by atoms with Gasteiger partial charge in [-0.3, -0.25) is 4.79 Å². The van der Waals surface area contributed by atoms with E-state index in [9.17, 15) is 9.59 Å². The second-order valence-electron chi connectivity index (χ2n) is 5.30. The predicted octanol–water partition coefficient (Wildman–Crippen LogP) is 0.154. The minimum Gasteiger partial charge on any atom is -0.354 e. The second-order valence-corrected chi connectivity index (χ2v) is 5.30. The van der Waals surface area contributed by atoms with E-state index in [-0.39, 0.29) is 17.4 Å². The van der Waals surface area contributed by atoms with Gasteiger partial charge in [0.1, 0.15) is 0 Å². The van der Waals surface area contributed by atoms with Crippen LogP contribution in [0.25, 0.3) is 0 Å². The Morgan fingerprint density at radius 1 is 1.26 bits per heavy atom. The van der Waals surface area contributed by atoms with Crippen LogP contribution in [0.5, 0.6) is 0 Å². The van der Waals surface area contributed by atoms with Gasteiger partial charge >= 0.3 is 6.03 Å². The number of rotatable bonds is 5. The van der Waals surface area contributed by atoms with E-state index in [0.717, 1.165) is 32.4 Å². The van der Waals surface area contributed by atoms with Crippen LogP contribution in [0.15, 0.2) is 0 Å². The predicted molar refractivity (Wildman–Crippen MR) is 74.9 cm³/mol. The summed E-state index contributed by atoms with van der Waals surface area (Å²) in [5.41, 5.74) is -0.274. The van der Waals surface area contributed by atoms with Crippen molar-refractivity contribution in [3.8, 4) is 0 Å². The third-order valence-corrected chi connectivity index (χ3v) is 3.72. The molecular formula is C13H26N4O2. The molecule has 0 saturated carbocycles. The topological polar surface area (TPSA) is 73.5 Å². The van der Waals surface area contributed by atoms with Crippen molar-refractivity contribution in [1.82, 2.24) is 20.9 Å². The molecule has 0 bridgehead atoms. The maximum atomic E-state index is 12.3. The van der Waals surface area contributed by atoms with Crippen molar-refractivity contribution >= 4 is 11.9 Å². The third kappa shape index (κ3) is 4.38. The van der Waals surface area contributed by atoms with Crippen LogP contribution in [-0.2, 0) is 4.79 Å². The fraction of sp³-hybridized carbons (Fsp3) is 0.846. The zero-order valence-corrected chi connectivity index (χ0v) is 12.2. The molecule has 6 nitrogen and oxygen atoms in total. The van der Waals surface area contributed by atoms with Gasteiger partial charge in [0.15, 0.2) is 0 Å². The van der Waals surface area contributed by atoms with Crippen molar-refractivity contribution < 1.29 is 9.59 Å². The van der Waals surface area contributed by atoms with Crippen LogP contribution >= 0.6 is 0 Å². The molecule has 1 fully saturated rings. The number of nitrogens with zero attached hydrogens (tertiary/aromatic N) is 1. The molecule has 1 saturated heterocycles. The number of nitrogens with one attached hydrogen (secondary N) is 3. The van der Waals surface area contributed by atoms with Crippen molar-refractivity contribution in [3.05, 3.63) is 0 Å². The molecule has 3 amide bonds. The average molecular weight is 270 g/mol. The lowest BCUT2D eigenvalue weighted by Gasteiger charge is -2.35. The first-order chi connectivity index (χ1) is 9.02. The normalized spacial score (nSPS) is 22.7. The summed E-state index contributed by atoms with van der Waals surface area (Å²) >= 11 is 0. The van der Waals surface area contributed by atoms with Gasteiger partial charge in [0, 0.05) is 33.7 Å². The Bertz CT molecular complexity index is 312. The highest BCUT2D eigenvalue weighted by Gasteiger charge is 2.37. The summed E-state index contributed by atoms with van der Waals surface area (Å²) in [6, 6.07) is -0.140. The maximum Gasteiger partial charge on any atom is 0.316 e. The highest BCUT2D eigenvalue weighted by molar-refractivity contribution is 5.83. The fourth-order valence-electron chi connectivity index (χ4n) is 2.32. The van der Waals surface area contributed by atoms with E-state index >= 15 is 0 Å². The molecule has 110 valence electrons. The van der Waals surface area contributed by atoms with E-state index in [1.54, 1.807) is 14.1 Å². The smallest absolute Gasteiger partial charge is 0.316 e. The Hall–Kier alpha value is -1.30. The largest absolute Gasteiger partial charge is 0.354 e. The molecule has 1 unspecified atom stereocenters. The van der Waals surface area contributed by atoms with Crippen molar-refractivity contribution in [1.29, 1.82) is 0 Å². The van der Waals surface area contributed by atoms with Gasteiger partial charge in [-0.25, -0.2) is 4.79 Å². The summed E-state index contributed by atoms with van der Waals surface area (Å²) in [6.07, 6.45) is 2.82. The number of urea groups is 1. The summed E-state index contributed by atoms with van der Waals surface area (Å²) < 4.78 is 0. The monoisotopic (exact) mass is 270 g/mol. The first-order valence-corrected chi connectivity index (χ1v) is 6.96. The molecule has 1 heterocycles. The van der Waals surface area contributed by atoms with Gasteiger partial charge in [0.25, 0.3) is 0 Å². The van der Waals surface area contributed by atoms with E-state index < -0.39 is 0 Å². The maximum absolute atomic E-state index is 12.3. The number of carbonyl (C=O) groups is 2. The first kappa shape index (κ1) is 15.8. The summed E-state index contributed by atoms with van der Waals surface area (Å²) in [6.45, 7) is 4.73. The first-order valence-electron chi connectivity index (χ1n) is 6.96. The van der Waals surface area contributed by atoms with Crippen LogP contribution in [0, 0.1) is 5.41 Å². The average Bonchev–Trinajstić information content (AvgIpc) is 2.43. The van der Waals surface area contributed by atoms with Crippen LogP contribution in [0.3, 0.4) is 0 Å². The Morgan fingerprint density at radius 2 is 1.95 bits per heavy atom. The van der Waals surface area contributed by atoms with E-state index in [1.165, 1.54) is 4.90 Å². The van der Waals surface area contributed by atoms with Crippen molar-refractivity contribution in [2.24, 2.45) is 5.41 Å². The van der Waals surface area contributed by atoms with E-state index in [4.69, 9.17) is 0 Å². The van der Waals surface area contributed by atoms with Gasteiger partial charge in [-0.2, -0.15) is 0 Å². The zero-order chi connectivity index (χ0) is 14.3. The van der Waals surface area contributed by atoms with Crippen LogP contribution in [0.4, 0.5) is 4.79 Å². The number of hydrogen-bond donors (Lipinski definition) is 3. The number of hydrogen-bond acceptors (Lipinski definition) is 3. The van der Waals surface area contributed by atoms with Crippen LogP contribution in [0.1, 0.15) is 26.2 Å². The molecule has 0 aliphatic carbocycles. The Kier molecular flexibility index (Phi) is 6.08. The minimum atomic E-state index is -0.274. The highest BCUT2D eigenvalue weighted by atomic mass is 16.2. The standard InChI is InChI=1S/C13H26N4O2/c1-4-13(6-5-7-14-10-13)11(18)15-8-9-16-12(19)17(2)3/h14H,4-10H2,1-3H3,(H,15,18)(H,16,19). The molecule has 0 aromatic rings. The molecule has 3 N–H and O–H groups in total. The quantitative estimate of drug-likeness (QED) is 0.623. The van der Waals surface area contributed by atoms with Gasteiger partial charge in [0.2, 0.25) is 5.91 Å². The summed E-state index contributed by atoms with van der Waals surface area (Å²) in [4.78, 5) is 25.0. The van der Waals surface area contributed by atoms with Gasteiger partial charge < -0.3 is 20.9 Å². The van der Waals surface area contributed by atoms with Crippen LogP contribution in [0.2, 0.25) is 0 Å². The molecule has 0 spiro atoms. The summed E-state index contributed by atoms with van der Waals surface area (Å²) in [5, 5.41) is 8.95. The number of carbonyl (C=O) groups excluding carboxylic acids is 2. The zero-order valence-electron chi connectivity index (χ0n) is 12.2. The van der Waals surface area contributed by atoms with Gasteiger partial charge in [-0.1, -0.05) is 6.92 Å². The number of piperidine rings is 1. The Morgan fingerprint density at radius 3 is 2.47 bits per heavy atom.